The quantitative estimate of drug-likeness (QED) is 0.857. The lowest BCUT2D eigenvalue weighted by atomic mass is 9.76. The lowest BCUT2D eigenvalue weighted by Crippen LogP contribution is -2.28. The van der Waals surface area contributed by atoms with E-state index in [0.29, 0.717) is 22.9 Å². The molecule has 0 spiro atoms. The molecule has 0 aromatic heterocycles. The van der Waals surface area contributed by atoms with E-state index in [2.05, 4.69) is 6.92 Å². The van der Waals surface area contributed by atoms with Crippen LogP contribution in [0.1, 0.15) is 44.6 Å². The maximum absolute atomic E-state index is 13.7. The Hall–Kier alpha value is -0.600. The lowest BCUT2D eigenvalue weighted by Gasteiger charge is -2.31. The summed E-state index contributed by atoms with van der Waals surface area (Å²) in [4.78, 5) is 0. The van der Waals surface area contributed by atoms with Crippen LogP contribution in [0.2, 0.25) is 5.02 Å². The van der Waals surface area contributed by atoms with Gasteiger partial charge in [-0.3, -0.25) is 0 Å². The van der Waals surface area contributed by atoms with E-state index < -0.39 is 6.10 Å². The Bertz CT molecular complexity index is 421. The third-order valence-corrected chi connectivity index (χ3v) is 4.62. The van der Waals surface area contributed by atoms with E-state index in [1.807, 2.05) is 0 Å². The van der Waals surface area contributed by atoms with E-state index in [-0.39, 0.29) is 5.82 Å². The van der Waals surface area contributed by atoms with Crippen LogP contribution in [-0.2, 0) is 6.42 Å². The van der Waals surface area contributed by atoms with Gasteiger partial charge in [0.25, 0.3) is 0 Å². The molecule has 19 heavy (non-hydrogen) atoms. The standard InChI is InChI=1S/C16H22ClFO/c1-2-11-4-3-5-13(8-11)16(19)9-12-6-7-14(17)10-15(12)18/h6-7,10-11,13,16,19H,2-5,8-9H2,1H3. The van der Waals surface area contributed by atoms with Crippen molar-refractivity contribution in [1.82, 2.24) is 0 Å². The van der Waals surface area contributed by atoms with Gasteiger partial charge >= 0.3 is 0 Å². The van der Waals surface area contributed by atoms with Gasteiger partial charge in [-0.05, 0) is 42.4 Å². The second kappa shape index (κ2) is 6.71. The average Bonchev–Trinajstić information content (AvgIpc) is 2.42. The van der Waals surface area contributed by atoms with E-state index in [9.17, 15) is 9.50 Å². The summed E-state index contributed by atoms with van der Waals surface area (Å²) in [6, 6.07) is 4.68. The molecule has 0 radical (unpaired) electrons. The molecular weight excluding hydrogens is 263 g/mol. The monoisotopic (exact) mass is 284 g/mol. The third-order valence-electron chi connectivity index (χ3n) is 4.39. The van der Waals surface area contributed by atoms with Crippen molar-refractivity contribution in [3.8, 4) is 0 Å². The first kappa shape index (κ1) is 14.8. The van der Waals surface area contributed by atoms with E-state index in [1.165, 1.54) is 25.3 Å². The molecule has 0 saturated heterocycles. The molecule has 1 aromatic rings. The van der Waals surface area contributed by atoms with Crippen LogP contribution < -0.4 is 0 Å². The summed E-state index contributed by atoms with van der Waals surface area (Å²) in [5, 5.41) is 10.7. The van der Waals surface area contributed by atoms with Gasteiger partial charge in [0.05, 0.1) is 6.10 Å². The van der Waals surface area contributed by atoms with Gasteiger partial charge in [-0.15, -0.1) is 0 Å². The minimum Gasteiger partial charge on any atom is -0.392 e. The highest BCUT2D eigenvalue weighted by Crippen LogP contribution is 2.34. The smallest absolute Gasteiger partial charge is 0.127 e. The van der Waals surface area contributed by atoms with Crippen LogP contribution in [0.25, 0.3) is 0 Å². The van der Waals surface area contributed by atoms with Crippen LogP contribution in [0, 0.1) is 17.7 Å². The Balaban J connectivity index is 1.98. The molecule has 1 saturated carbocycles. The van der Waals surface area contributed by atoms with Crippen LogP contribution in [-0.4, -0.2) is 11.2 Å². The highest BCUT2D eigenvalue weighted by Gasteiger charge is 2.27. The van der Waals surface area contributed by atoms with Gasteiger partial charge in [0.1, 0.15) is 5.82 Å². The molecule has 0 aliphatic heterocycles. The second-order valence-corrected chi connectivity index (χ2v) is 6.14. The molecule has 3 unspecified atom stereocenters. The number of hydrogen-bond acceptors (Lipinski definition) is 1. The Morgan fingerprint density at radius 2 is 2.21 bits per heavy atom. The topological polar surface area (TPSA) is 20.2 Å². The summed E-state index contributed by atoms with van der Waals surface area (Å²) >= 11 is 5.74. The zero-order valence-electron chi connectivity index (χ0n) is 11.4. The van der Waals surface area contributed by atoms with Crippen LogP contribution in [0.5, 0.6) is 0 Å². The van der Waals surface area contributed by atoms with Crippen LogP contribution >= 0.6 is 11.6 Å². The summed E-state index contributed by atoms with van der Waals surface area (Å²) in [6.45, 7) is 2.21. The molecule has 106 valence electrons. The minimum absolute atomic E-state index is 0.311. The van der Waals surface area contributed by atoms with Crippen molar-refractivity contribution in [3.05, 3.63) is 34.6 Å². The minimum atomic E-state index is -0.440. The second-order valence-electron chi connectivity index (χ2n) is 5.71. The molecule has 3 heteroatoms. The number of aliphatic hydroxyl groups excluding tert-OH is 1. The van der Waals surface area contributed by atoms with Gasteiger partial charge < -0.3 is 5.11 Å². The number of aliphatic hydroxyl groups is 1. The molecule has 0 bridgehead atoms. The SMILES string of the molecule is CCC1CCCC(C(O)Cc2ccc(Cl)cc2F)C1. The van der Waals surface area contributed by atoms with Crippen molar-refractivity contribution in [1.29, 1.82) is 0 Å². The molecular formula is C16H22ClFO. The molecule has 1 N–H and O–H groups in total. The molecule has 1 aromatic carbocycles. The molecule has 2 rings (SSSR count). The predicted octanol–water partition coefficient (Wildman–Crippen LogP) is 4.60. The fourth-order valence-corrected chi connectivity index (χ4v) is 3.29. The van der Waals surface area contributed by atoms with Crippen molar-refractivity contribution in [3.63, 3.8) is 0 Å². The molecule has 3 atom stereocenters. The first-order chi connectivity index (χ1) is 9.10. The first-order valence-electron chi connectivity index (χ1n) is 7.22. The van der Waals surface area contributed by atoms with E-state index >= 15 is 0 Å². The third kappa shape index (κ3) is 3.93. The fraction of sp³-hybridized carbons (Fsp3) is 0.625. The maximum Gasteiger partial charge on any atom is 0.127 e. The Morgan fingerprint density at radius 1 is 1.42 bits per heavy atom. The first-order valence-corrected chi connectivity index (χ1v) is 7.60. The van der Waals surface area contributed by atoms with Gasteiger partial charge in [-0.2, -0.15) is 0 Å². The maximum atomic E-state index is 13.7. The Labute approximate surface area is 119 Å². The molecule has 1 aliphatic rings. The average molecular weight is 285 g/mol. The molecule has 0 amide bonds. The summed E-state index contributed by atoms with van der Waals surface area (Å²) in [7, 11) is 0. The summed E-state index contributed by atoms with van der Waals surface area (Å²) < 4.78 is 13.7. The lowest BCUT2D eigenvalue weighted by molar-refractivity contribution is 0.0678. The van der Waals surface area contributed by atoms with Crippen molar-refractivity contribution >= 4 is 11.6 Å². The van der Waals surface area contributed by atoms with Crippen molar-refractivity contribution < 1.29 is 9.50 Å². The van der Waals surface area contributed by atoms with Gasteiger partial charge in [-0.1, -0.05) is 43.9 Å². The molecule has 1 fully saturated rings. The highest BCUT2D eigenvalue weighted by molar-refractivity contribution is 6.30. The summed E-state index contributed by atoms with van der Waals surface area (Å²) in [5.74, 6) is 0.728. The number of halogens is 2. The van der Waals surface area contributed by atoms with E-state index in [1.54, 1.807) is 12.1 Å². The molecule has 1 nitrogen and oxygen atoms in total. The van der Waals surface area contributed by atoms with Crippen molar-refractivity contribution in [2.75, 3.05) is 0 Å². The molecule has 0 heterocycles. The number of benzene rings is 1. The normalized spacial score (nSPS) is 25.3. The fourth-order valence-electron chi connectivity index (χ4n) is 3.13. The summed E-state index contributed by atoms with van der Waals surface area (Å²) in [6.07, 6.45) is 5.73. The Kier molecular flexibility index (Phi) is 5.23. The van der Waals surface area contributed by atoms with Gasteiger partial charge in [0.2, 0.25) is 0 Å². The van der Waals surface area contributed by atoms with E-state index in [0.717, 1.165) is 18.8 Å². The van der Waals surface area contributed by atoms with Crippen molar-refractivity contribution in [2.45, 2.75) is 51.6 Å². The van der Waals surface area contributed by atoms with Crippen LogP contribution in [0.15, 0.2) is 18.2 Å². The van der Waals surface area contributed by atoms with Gasteiger partial charge in [0.15, 0.2) is 0 Å². The number of hydrogen-bond donors (Lipinski definition) is 1. The molecule has 1 aliphatic carbocycles. The van der Waals surface area contributed by atoms with Gasteiger partial charge in [-0.25, -0.2) is 4.39 Å². The highest BCUT2D eigenvalue weighted by atomic mass is 35.5. The summed E-state index contributed by atoms with van der Waals surface area (Å²) in [5.41, 5.74) is 0.565. The zero-order chi connectivity index (χ0) is 13.8. The van der Waals surface area contributed by atoms with E-state index in [4.69, 9.17) is 11.6 Å². The van der Waals surface area contributed by atoms with Crippen molar-refractivity contribution in [2.24, 2.45) is 11.8 Å². The van der Waals surface area contributed by atoms with Crippen LogP contribution in [0.3, 0.4) is 0 Å². The van der Waals surface area contributed by atoms with Gasteiger partial charge in [0, 0.05) is 11.4 Å². The van der Waals surface area contributed by atoms with Crippen LogP contribution in [0.4, 0.5) is 4.39 Å². The zero-order valence-corrected chi connectivity index (χ0v) is 12.2. The number of rotatable bonds is 4. The Morgan fingerprint density at radius 3 is 2.89 bits per heavy atom. The predicted molar refractivity (Wildman–Crippen MR) is 76.9 cm³/mol. The largest absolute Gasteiger partial charge is 0.392 e.